The molecule has 0 fully saturated rings. The lowest BCUT2D eigenvalue weighted by atomic mass is 10.0. The molecule has 4 nitrogen and oxygen atoms in total. The van der Waals surface area contributed by atoms with E-state index in [-0.39, 0.29) is 12.5 Å². The molecule has 4 heteroatoms. The summed E-state index contributed by atoms with van der Waals surface area (Å²) in [6.07, 6.45) is 0. The molecule has 1 amide bonds. The van der Waals surface area contributed by atoms with E-state index in [4.69, 9.17) is 4.74 Å². The smallest absolute Gasteiger partial charge is 0.239 e. The molecule has 26 heavy (non-hydrogen) atoms. The van der Waals surface area contributed by atoms with Crippen LogP contribution in [0, 0.1) is 0 Å². The number of hydrogen-bond acceptors (Lipinski definition) is 3. The first-order valence-corrected chi connectivity index (χ1v) is 8.54. The number of para-hydroxylation sites is 1. The van der Waals surface area contributed by atoms with Crippen LogP contribution in [-0.2, 0) is 11.3 Å². The lowest BCUT2D eigenvalue weighted by Gasteiger charge is -2.12. The summed E-state index contributed by atoms with van der Waals surface area (Å²) >= 11 is 0. The maximum absolute atomic E-state index is 12.2. The SMILES string of the molecule is COc1ccc(CNC(=O)CNc2ccccc2-c2ccccc2)cc1. The number of hydrogen-bond donors (Lipinski definition) is 2. The number of methoxy groups -OCH3 is 1. The zero-order valence-electron chi connectivity index (χ0n) is 14.7. The lowest BCUT2D eigenvalue weighted by Crippen LogP contribution is -2.29. The molecule has 0 aliphatic heterocycles. The molecular formula is C22H22N2O2. The van der Waals surface area contributed by atoms with Gasteiger partial charge in [-0.3, -0.25) is 4.79 Å². The Kier molecular flexibility index (Phi) is 5.88. The van der Waals surface area contributed by atoms with E-state index in [0.717, 1.165) is 28.1 Å². The van der Waals surface area contributed by atoms with Crippen molar-refractivity contribution in [2.24, 2.45) is 0 Å². The molecule has 0 radical (unpaired) electrons. The van der Waals surface area contributed by atoms with Crippen LogP contribution in [0.25, 0.3) is 11.1 Å². The molecule has 0 saturated heterocycles. The second kappa shape index (κ2) is 8.72. The molecule has 0 heterocycles. The van der Waals surface area contributed by atoms with Gasteiger partial charge in [-0.15, -0.1) is 0 Å². The van der Waals surface area contributed by atoms with E-state index < -0.39 is 0 Å². The summed E-state index contributed by atoms with van der Waals surface area (Å²) in [7, 11) is 1.63. The van der Waals surface area contributed by atoms with Crippen LogP contribution < -0.4 is 15.4 Å². The van der Waals surface area contributed by atoms with Gasteiger partial charge in [0.05, 0.1) is 13.7 Å². The average Bonchev–Trinajstić information content (AvgIpc) is 2.72. The van der Waals surface area contributed by atoms with Crippen LogP contribution in [-0.4, -0.2) is 19.6 Å². The van der Waals surface area contributed by atoms with Crippen LogP contribution in [0.5, 0.6) is 5.75 Å². The van der Waals surface area contributed by atoms with Crippen molar-refractivity contribution < 1.29 is 9.53 Å². The van der Waals surface area contributed by atoms with E-state index in [1.165, 1.54) is 0 Å². The predicted molar refractivity (Wildman–Crippen MR) is 105 cm³/mol. The highest BCUT2D eigenvalue weighted by Gasteiger charge is 2.06. The number of anilines is 1. The standard InChI is InChI=1S/C22H22N2O2/c1-26-19-13-11-17(12-14-19)15-24-22(25)16-23-21-10-6-5-9-20(21)18-7-3-2-4-8-18/h2-14,23H,15-16H2,1H3,(H,24,25). The Bertz CT molecular complexity index is 846. The molecule has 3 aromatic rings. The minimum atomic E-state index is -0.0521. The van der Waals surface area contributed by atoms with Crippen molar-refractivity contribution in [2.75, 3.05) is 19.0 Å². The third-order valence-electron chi connectivity index (χ3n) is 4.10. The van der Waals surface area contributed by atoms with Crippen LogP contribution in [0.15, 0.2) is 78.9 Å². The van der Waals surface area contributed by atoms with Gasteiger partial charge in [-0.05, 0) is 29.3 Å². The number of carbonyl (C=O) groups is 1. The van der Waals surface area contributed by atoms with Crippen LogP contribution >= 0.6 is 0 Å². The molecule has 2 N–H and O–H groups in total. The maximum Gasteiger partial charge on any atom is 0.239 e. The third-order valence-corrected chi connectivity index (χ3v) is 4.10. The van der Waals surface area contributed by atoms with E-state index in [1.54, 1.807) is 7.11 Å². The summed E-state index contributed by atoms with van der Waals surface area (Å²) in [6, 6.07) is 25.8. The Hall–Kier alpha value is -3.27. The Morgan fingerprint density at radius 3 is 2.31 bits per heavy atom. The number of carbonyl (C=O) groups excluding carboxylic acids is 1. The topological polar surface area (TPSA) is 50.4 Å². The van der Waals surface area contributed by atoms with Crippen LogP contribution in [0.2, 0.25) is 0 Å². The molecule has 0 saturated carbocycles. The first kappa shape index (κ1) is 17.5. The van der Waals surface area contributed by atoms with Gasteiger partial charge in [0.15, 0.2) is 0 Å². The highest BCUT2D eigenvalue weighted by Crippen LogP contribution is 2.27. The maximum atomic E-state index is 12.2. The highest BCUT2D eigenvalue weighted by molar-refractivity contribution is 5.84. The zero-order valence-corrected chi connectivity index (χ0v) is 14.7. The Morgan fingerprint density at radius 2 is 1.58 bits per heavy atom. The molecule has 3 rings (SSSR count). The fourth-order valence-electron chi connectivity index (χ4n) is 2.69. The number of nitrogens with one attached hydrogen (secondary N) is 2. The third kappa shape index (κ3) is 4.63. The van der Waals surface area contributed by atoms with E-state index in [1.807, 2.05) is 66.7 Å². The van der Waals surface area contributed by atoms with Gasteiger partial charge in [-0.1, -0.05) is 60.7 Å². The molecule has 0 aliphatic carbocycles. The van der Waals surface area contributed by atoms with Gasteiger partial charge in [-0.25, -0.2) is 0 Å². The van der Waals surface area contributed by atoms with Crippen molar-refractivity contribution in [1.82, 2.24) is 5.32 Å². The van der Waals surface area contributed by atoms with Gasteiger partial charge >= 0.3 is 0 Å². The first-order valence-electron chi connectivity index (χ1n) is 8.54. The molecule has 132 valence electrons. The largest absolute Gasteiger partial charge is 0.497 e. The lowest BCUT2D eigenvalue weighted by molar-refractivity contribution is -0.119. The van der Waals surface area contributed by atoms with Crippen molar-refractivity contribution >= 4 is 11.6 Å². The number of benzene rings is 3. The molecule has 0 atom stereocenters. The quantitative estimate of drug-likeness (QED) is 0.677. The minimum Gasteiger partial charge on any atom is -0.497 e. The van der Waals surface area contributed by atoms with Crippen molar-refractivity contribution in [3.8, 4) is 16.9 Å². The predicted octanol–water partition coefficient (Wildman–Crippen LogP) is 4.09. The van der Waals surface area contributed by atoms with Gasteiger partial charge in [-0.2, -0.15) is 0 Å². The summed E-state index contributed by atoms with van der Waals surface area (Å²) in [6.45, 7) is 0.713. The van der Waals surface area contributed by atoms with E-state index in [2.05, 4.69) is 22.8 Å². The first-order chi connectivity index (χ1) is 12.8. The molecular weight excluding hydrogens is 324 g/mol. The van der Waals surface area contributed by atoms with Gasteiger partial charge in [0, 0.05) is 17.8 Å². The van der Waals surface area contributed by atoms with Crippen LogP contribution in [0.1, 0.15) is 5.56 Å². The molecule has 0 bridgehead atoms. The van der Waals surface area contributed by atoms with Gasteiger partial charge in [0.25, 0.3) is 0 Å². The van der Waals surface area contributed by atoms with Crippen molar-refractivity contribution in [3.05, 3.63) is 84.4 Å². The van der Waals surface area contributed by atoms with Crippen molar-refractivity contribution in [3.63, 3.8) is 0 Å². The second-order valence-electron chi connectivity index (χ2n) is 5.89. The number of ether oxygens (including phenoxy) is 1. The molecule has 0 unspecified atom stereocenters. The number of amides is 1. The van der Waals surface area contributed by atoms with Crippen molar-refractivity contribution in [1.29, 1.82) is 0 Å². The Morgan fingerprint density at radius 1 is 0.885 bits per heavy atom. The summed E-state index contributed by atoms with van der Waals surface area (Å²) in [5.74, 6) is 0.753. The van der Waals surface area contributed by atoms with E-state index >= 15 is 0 Å². The molecule has 3 aromatic carbocycles. The molecule has 0 aromatic heterocycles. The van der Waals surface area contributed by atoms with Gasteiger partial charge < -0.3 is 15.4 Å². The monoisotopic (exact) mass is 346 g/mol. The Labute approximate surface area is 153 Å². The van der Waals surface area contributed by atoms with Crippen LogP contribution in [0.4, 0.5) is 5.69 Å². The Balaban J connectivity index is 1.56. The van der Waals surface area contributed by atoms with E-state index in [0.29, 0.717) is 6.54 Å². The zero-order chi connectivity index (χ0) is 18.2. The summed E-state index contributed by atoms with van der Waals surface area (Å²) in [5, 5.41) is 6.16. The fraction of sp³-hybridized carbons (Fsp3) is 0.136. The van der Waals surface area contributed by atoms with Crippen LogP contribution in [0.3, 0.4) is 0 Å². The van der Waals surface area contributed by atoms with Crippen molar-refractivity contribution in [2.45, 2.75) is 6.54 Å². The fourth-order valence-corrected chi connectivity index (χ4v) is 2.69. The number of rotatable bonds is 7. The average molecular weight is 346 g/mol. The summed E-state index contributed by atoms with van der Waals surface area (Å²) in [4.78, 5) is 12.2. The van der Waals surface area contributed by atoms with E-state index in [9.17, 15) is 4.79 Å². The highest BCUT2D eigenvalue weighted by atomic mass is 16.5. The second-order valence-corrected chi connectivity index (χ2v) is 5.89. The normalized spacial score (nSPS) is 10.2. The summed E-state index contributed by atoms with van der Waals surface area (Å²) < 4.78 is 5.13. The van der Waals surface area contributed by atoms with Gasteiger partial charge in [0.2, 0.25) is 5.91 Å². The summed E-state index contributed by atoms with van der Waals surface area (Å²) in [5.41, 5.74) is 4.17. The molecule has 0 aliphatic rings. The minimum absolute atomic E-state index is 0.0521. The van der Waals surface area contributed by atoms with Gasteiger partial charge in [0.1, 0.15) is 5.75 Å². The molecule has 0 spiro atoms.